The summed E-state index contributed by atoms with van der Waals surface area (Å²) in [6, 6.07) is 11.8. The van der Waals surface area contributed by atoms with Gasteiger partial charge in [-0.3, -0.25) is 0 Å². The normalized spacial score (nSPS) is 11.4. The number of rotatable bonds is 6. The van der Waals surface area contributed by atoms with Crippen LogP contribution < -0.4 is 9.46 Å². The van der Waals surface area contributed by atoms with E-state index in [0.29, 0.717) is 10.8 Å². The quantitative estimate of drug-likeness (QED) is 0.746. The van der Waals surface area contributed by atoms with Crippen LogP contribution in [0.2, 0.25) is 5.02 Å². The summed E-state index contributed by atoms with van der Waals surface area (Å²) in [5.74, 6) is 0.610. The van der Waals surface area contributed by atoms with E-state index < -0.39 is 10.0 Å². The van der Waals surface area contributed by atoms with E-state index in [1.807, 2.05) is 13.0 Å². The molecule has 0 aliphatic carbocycles. The maximum absolute atomic E-state index is 12.1. The van der Waals surface area contributed by atoms with Crippen molar-refractivity contribution in [3.63, 3.8) is 0 Å². The minimum Gasteiger partial charge on any atom is -0.492 e. The number of sulfonamides is 1. The predicted molar refractivity (Wildman–Crippen MR) is 91.0 cm³/mol. The van der Waals surface area contributed by atoms with Gasteiger partial charge in [0.1, 0.15) is 12.4 Å². The zero-order valence-corrected chi connectivity index (χ0v) is 15.0. The topological polar surface area (TPSA) is 55.4 Å². The Balaban J connectivity index is 1.87. The summed E-state index contributed by atoms with van der Waals surface area (Å²) >= 11 is 9.26. The van der Waals surface area contributed by atoms with Crippen LogP contribution in [0.15, 0.2) is 51.8 Å². The highest BCUT2D eigenvalue weighted by Gasteiger charge is 2.12. The third-order valence-corrected chi connectivity index (χ3v) is 5.34. The zero-order valence-electron chi connectivity index (χ0n) is 11.8. The van der Waals surface area contributed by atoms with E-state index in [1.54, 1.807) is 24.3 Å². The fraction of sp³-hybridized carbons (Fsp3) is 0.200. The number of nitrogens with one attached hydrogen (secondary N) is 1. The molecule has 0 spiro atoms. The van der Waals surface area contributed by atoms with Crippen molar-refractivity contribution in [1.82, 2.24) is 4.72 Å². The van der Waals surface area contributed by atoms with E-state index >= 15 is 0 Å². The average Bonchev–Trinajstić information content (AvgIpc) is 2.48. The van der Waals surface area contributed by atoms with Gasteiger partial charge >= 0.3 is 0 Å². The molecule has 118 valence electrons. The van der Waals surface area contributed by atoms with Gasteiger partial charge in [0.25, 0.3) is 0 Å². The van der Waals surface area contributed by atoms with E-state index in [4.69, 9.17) is 16.3 Å². The molecule has 0 fully saturated rings. The fourth-order valence-electron chi connectivity index (χ4n) is 1.71. The molecule has 0 saturated heterocycles. The molecular formula is C15H15BrClNO3S. The van der Waals surface area contributed by atoms with Crippen LogP contribution in [0.3, 0.4) is 0 Å². The van der Waals surface area contributed by atoms with Gasteiger partial charge in [0.2, 0.25) is 10.0 Å². The molecule has 2 aromatic rings. The highest BCUT2D eigenvalue weighted by Crippen LogP contribution is 2.21. The standard InChI is InChI=1S/C15H15BrClNO3S/c1-11-2-5-13(10-15(11)17)21-9-8-18-22(19,20)14-6-3-12(16)4-7-14/h2-7,10,18H,8-9H2,1H3. The Morgan fingerprint density at radius 1 is 1.18 bits per heavy atom. The van der Waals surface area contributed by atoms with Crippen LogP contribution in [0.1, 0.15) is 5.56 Å². The zero-order chi connectivity index (χ0) is 16.2. The summed E-state index contributed by atoms with van der Waals surface area (Å²) in [5, 5.41) is 0.618. The Labute approximate surface area is 143 Å². The lowest BCUT2D eigenvalue weighted by Gasteiger charge is -2.09. The Morgan fingerprint density at radius 2 is 1.86 bits per heavy atom. The first-order valence-electron chi connectivity index (χ1n) is 6.53. The molecule has 0 atom stereocenters. The summed E-state index contributed by atoms with van der Waals surface area (Å²) in [7, 11) is -3.52. The van der Waals surface area contributed by atoms with Gasteiger partial charge in [-0.1, -0.05) is 33.6 Å². The van der Waals surface area contributed by atoms with E-state index in [-0.39, 0.29) is 18.0 Å². The number of aryl methyl sites for hydroxylation is 1. The van der Waals surface area contributed by atoms with Gasteiger partial charge in [-0.05, 0) is 48.9 Å². The molecular weight excluding hydrogens is 390 g/mol. The molecule has 0 aliphatic rings. The first kappa shape index (κ1) is 17.3. The summed E-state index contributed by atoms with van der Waals surface area (Å²) in [5.41, 5.74) is 0.963. The molecule has 2 rings (SSSR count). The molecule has 0 aliphatic heterocycles. The van der Waals surface area contributed by atoms with Crippen LogP contribution in [0.25, 0.3) is 0 Å². The summed E-state index contributed by atoms with van der Waals surface area (Å²) in [4.78, 5) is 0.217. The van der Waals surface area contributed by atoms with Crippen LogP contribution in [0.4, 0.5) is 0 Å². The molecule has 2 aromatic carbocycles. The fourth-order valence-corrected chi connectivity index (χ4v) is 3.15. The van der Waals surface area contributed by atoms with Crippen molar-refractivity contribution in [2.45, 2.75) is 11.8 Å². The smallest absolute Gasteiger partial charge is 0.240 e. The number of ether oxygens (including phenoxy) is 1. The SMILES string of the molecule is Cc1ccc(OCCNS(=O)(=O)c2ccc(Br)cc2)cc1Cl. The maximum atomic E-state index is 12.1. The summed E-state index contributed by atoms with van der Waals surface area (Å²) < 4.78 is 32.9. The van der Waals surface area contributed by atoms with Crippen LogP contribution in [-0.2, 0) is 10.0 Å². The van der Waals surface area contributed by atoms with Gasteiger partial charge in [-0.15, -0.1) is 0 Å². The van der Waals surface area contributed by atoms with Crippen molar-refractivity contribution in [2.24, 2.45) is 0 Å². The lowest BCUT2D eigenvalue weighted by molar-refractivity contribution is 0.323. The first-order chi connectivity index (χ1) is 10.4. The third kappa shape index (κ3) is 4.71. The Morgan fingerprint density at radius 3 is 2.50 bits per heavy atom. The van der Waals surface area contributed by atoms with Crippen LogP contribution in [-0.4, -0.2) is 21.6 Å². The number of halogens is 2. The predicted octanol–water partition coefficient (Wildman–Crippen LogP) is 3.77. The minimum absolute atomic E-state index is 0.171. The molecule has 0 radical (unpaired) electrons. The van der Waals surface area contributed by atoms with Gasteiger partial charge in [-0.2, -0.15) is 0 Å². The van der Waals surface area contributed by atoms with Crippen molar-refractivity contribution < 1.29 is 13.2 Å². The molecule has 0 heterocycles. The summed E-state index contributed by atoms with van der Waals surface area (Å²) in [6.07, 6.45) is 0. The van der Waals surface area contributed by atoms with E-state index in [0.717, 1.165) is 10.0 Å². The third-order valence-electron chi connectivity index (χ3n) is 2.93. The van der Waals surface area contributed by atoms with Crippen LogP contribution in [0.5, 0.6) is 5.75 Å². The molecule has 1 N–H and O–H groups in total. The number of benzene rings is 2. The molecule has 0 amide bonds. The molecule has 22 heavy (non-hydrogen) atoms. The Bertz CT molecular complexity index is 748. The lowest BCUT2D eigenvalue weighted by Crippen LogP contribution is -2.28. The van der Waals surface area contributed by atoms with Gasteiger partial charge in [0.15, 0.2) is 0 Å². The van der Waals surface area contributed by atoms with Gasteiger partial charge in [0, 0.05) is 16.0 Å². The largest absolute Gasteiger partial charge is 0.492 e. The lowest BCUT2D eigenvalue weighted by atomic mass is 10.2. The summed E-state index contributed by atoms with van der Waals surface area (Å²) in [6.45, 7) is 2.29. The monoisotopic (exact) mass is 403 g/mol. The molecule has 0 aromatic heterocycles. The second-order valence-electron chi connectivity index (χ2n) is 4.61. The second-order valence-corrected chi connectivity index (χ2v) is 7.70. The van der Waals surface area contributed by atoms with Gasteiger partial charge in [-0.25, -0.2) is 13.1 Å². The maximum Gasteiger partial charge on any atom is 0.240 e. The van der Waals surface area contributed by atoms with Crippen molar-refractivity contribution in [3.05, 3.63) is 57.5 Å². The molecule has 4 nitrogen and oxygen atoms in total. The number of hydrogen-bond donors (Lipinski definition) is 1. The van der Waals surface area contributed by atoms with E-state index in [9.17, 15) is 8.42 Å². The van der Waals surface area contributed by atoms with Gasteiger partial charge < -0.3 is 4.74 Å². The molecule has 0 saturated carbocycles. The van der Waals surface area contributed by atoms with E-state index in [2.05, 4.69) is 20.7 Å². The van der Waals surface area contributed by atoms with Gasteiger partial charge in [0.05, 0.1) is 4.90 Å². The van der Waals surface area contributed by atoms with Crippen molar-refractivity contribution >= 4 is 37.6 Å². The second kappa shape index (κ2) is 7.46. The Kier molecular flexibility index (Phi) is 5.86. The first-order valence-corrected chi connectivity index (χ1v) is 9.18. The molecule has 0 unspecified atom stereocenters. The highest BCUT2D eigenvalue weighted by molar-refractivity contribution is 9.10. The van der Waals surface area contributed by atoms with Crippen LogP contribution >= 0.6 is 27.5 Å². The van der Waals surface area contributed by atoms with Crippen molar-refractivity contribution in [2.75, 3.05) is 13.2 Å². The average molecular weight is 405 g/mol. The van der Waals surface area contributed by atoms with E-state index in [1.165, 1.54) is 12.1 Å². The number of hydrogen-bond acceptors (Lipinski definition) is 3. The Hall–Kier alpha value is -1.08. The van der Waals surface area contributed by atoms with Crippen LogP contribution in [0, 0.1) is 6.92 Å². The molecule has 0 bridgehead atoms. The molecule has 7 heteroatoms. The van der Waals surface area contributed by atoms with Crippen molar-refractivity contribution in [1.29, 1.82) is 0 Å². The van der Waals surface area contributed by atoms with Crippen molar-refractivity contribution in [3.8, 4) is 5.75 Å². The minimum atomic E-state index is -3.52. The highest BCUT2D eigenvalue weighted by atomic mass is 79.9.